The first-order valence-corrected chi connectivity index (χ1v) is 8.58. The van der Waals surface area contributed by atoms with Gasteiger partial charge in [0.25, 0.3) is 5.91 Å². The summed E-state index contributed by atoms with van der Waals surface area (Å²) in [5.41, 5.74) is 0.276. The molecule has 0 aromatic heterocycles. The number of ether oxygens (including phenoxy) is 1. The van der Waals surface area contributed by atoms with E-state index in [2.05, 4.69) is 25.7 Å². The van der Waals surface area contributed by atoms with Crippen LogP contribution >= 0.6 is 23.2 Å². The Kier molecular flexibility index (Phi) is 6.18. The summed E-state index contributed by atoms with van der Waals surface area (Å²) < 4.78 is 5.52. The van der Waals surface area contributed by atoms with E-state index in [1.165, 1.54) is 0 Å². The van der Waals surface area contributed by atoms with Crippen LogP contribution in [0.1, 0.15) is 20.8 Å². The molecule has 1 fully saturated rings. The number of hydrogen-bond donors (Lipinski definition) is 0. The number of halogens is 2. The van der Waals surface area contributed by atoms with Gasteiger partial charge in [-0.25, -0.2) is 0 Å². The quantitative estimate of drug-likeness (QED) is 0.824. The molecule has 0 saturated carbocycles. The third kappa shape index (κ3) is 5.87. The molecule has 0 unspecified atom stereocenters. The molecule has 1 aromatic rings. The predicted octanol–water partition coefficient (Wildman–Crippen LogP) is 3.56. The molecular weight excluding hydrogens is 335 g/mol. The molecule has 0 N–H and O–H groups in total. The number of rotatable bonds is 4. The second-order valence-corrected chi connectivity index (χ2v) is 7.92. The van der Waals surface area contributed by atoms with Crippen LogP contribution in [-0.4, -0.2) is 55.0 Å². The highest BCUT2D eigenvalue weighted by Crippen LogP contribution is 2.27. The van der Waals surface area contributed by atoms with Crippen LogP contribution in [0.2, 0.25) is 10.0 Å². The standard InChI is InChI=1S/C17H24Cl2N2O2/c1-17(2,3)12-20-6-8-21(9-7-20)16(22)11-23-15-10-13(18)4-5-14(15)19/h4-5,10H,6-9,11-12H2,1-3H3. The SMILES string of the molecule is CC(C)(C)CN1CCN(C(=O)COc2cc(Cl)ccc2Cl)CC1. The minimum absolute atomic E-state index is 0.0146. The predicted molar refractivity (Wildman–Crippen MR) is 94.4 cm³/mol. The summed E-state index contributed by atoms with van der Waals surface area (Å²) >= 11 is 11.9. The van der Waals surface area contributed by atoms with E-state index in [9.17, 15) is 4.79 Å². The lowest BCUT2D eigenvalue weighted by atomic mass is 9.96. The third-order valence-corrected chi connectivity index (χ3v) is 4.21. The van der Waals surface area contributed by atoms with Gasteiger partial charge in [0.05, 0.1) is 5.02 Å². The number of carbonyl (C=O) groups is 1. The summed E-state index contributed by atoms with van der Waals surface area (Å²) in [5.74, 6) is 0.426. The first-order valence-electron chi connectivity index (χ1n) is 7.82. The molecule has 1 heterocycles. The number of benzene rings is 1. The number of carbonyl (C=O) groups excluding carboxylic acids is 1. The summed E-state index contributed by atoms with van der Waals surface area (Å²) in [6.45, 7) is 11.0. The van der Waals surface area contributed by atoms with Gasteiger partial charge in [0.1, 0.15) is 5.75 Å². The average Bonchev–Trinajstić information content (AvgIpc) is 2.47. The van der Waals surface area contributed by atoms with Crippen LogP contribution in [0.4, 0.5) is 0 Å². The molecule has 1 saturated heterocycles. The van der Waals surface area contributed by atoms with Gasteiger partial charge in [-0.2, -0.15) is 0 Å². The van der Waals surface area contributed by atoms with Crippen molar-refractivity contribution in [3.8, 4) is 5.75 Å². The molecule has 4 nitrogen and oxygen atoms in total. The second kappa shape index (κ2) is 7.73. The van der Waals surface area contributed by atoms with E-state index < -0.39 is 0 Å². The molecule has 23 heavy (non-hydrogen) atoms. The van der Waals surface area contributed by atoms with E-state index in [4.69, 9.17) is 27.9 Å². The zero-order chi connectivity index (χ0) is 17.0. The fraction of sp³-hybridized carbons (Fsp3) is 0.588. The van der Waals surface area contributed by atoms with Crippen molar-refractivity contribution in [2.45, 2.75) is 20.8 Å². The maximum atomic E-state index is 12.3. The third-order valence-electron chi connectivity index (χ3n) is 3.67. The molecule has 2 rings (SSSR count). The second-order valence-electron chi connectivity index (χ2n) is 7.08. The van der Waals surface area contributed by atoms with Crippen molar-refractivity contribution in [2.24, 2.45) is 5.41 Å². The number of amides is 1. The van der Waals surface area contributed by atoms with Gasteiger partial charge in [0.15, 0.2) is 6.61 Å². The zero-order valence-corrected chi connectivity index (χ0v) is 15.5. The lowest BCUT2D eigenvalue weighted by Crippen LogP contribution is -2.51. The molecule has 0 spiro atoms. The van der Waals surface area contributed by atoms with E-state index in [1.54, 1.807) is 18.2 Å². The smallest absolute Gasteiger partial charge is 0.260 e. The number of hydrogen-bond acceptors (Lipinski definition) is 3. The molecule has 0 aliphatic carbocycles. The highest BCUT2D eigenvalue weighted by Gasteiger charge is 2.24. The molecule has 1 aliphatic heterocycles. The Morgan fingerprint density at radius 2 is 1.83 bits per heavy atom. The molecule has 128 valence electrons. The molecule has 0 radical (unpaired) electrons. The van der Waals surface area contributed by atoms with E-state index in [0.717, 1.165) is 32.7 Å². The van der Waals surface area contributed by atoms with Crippen molar-refractivity contribution in [2.75, 3.05) is 39.3 Å². The lowest BCUT2D eigenvalue weighted by Gasteiger charge is -2.37. The van der Waals surface area contributed by atoms with Crippen molar-refractivity contribution in [1.29, 1.82) is 0 Å². The van der Waals surface area contributed by atoms with Crippen molar-refractivity contribution < 1.29 is 9.53 Å². The van der Waals surface area contributed by atoms with Crippen LogP contribution in [0.3, 0.4) is 0 Å². The van der Waals surface area contributed by atoms with Crippen LogP contribution < -0.4 is 4.74 Å². The molecule has 1 aliphatic rings. The monoisotopic (exact) mass is 358 g/mol. The minimum atomic E-state index is -0.0172. The fourth-order valence-electron chi connectivity index (χ4n) is 2.64. The van der Waals surface area contributed by atoms with E-state index in [1.807, 2.05) is 4.90 Å². The zero-order valence-electron chi connectivity index (χ0n) is 13.9. The molecule has 0 atom stereocenters. The molecule has 6 heteroatoms. The molecule has 0 bridgehead atoms. The Hall–Kier alpha value is -0.970. The van der Waals surface area contributed by atoms with Crippen LogP contribution in [0, 0.1) is 5.41 Å². The molecule has 1 aromatic carbocycles. The van der Waals surface area contributed by atoms with Crippen LogP contribution in [0.15, 0.2) is 18.2 Å². The lowest BCUT2D eigenvalue weighted by molar-refractivity contribution is -0.135. The largest absolute Gasteiger partial charge is 0.482 e. The maximum absolute atomic E-state index is 12.3. The van der Waals surface area contributed by atoms with Crippen molar-refractivity contribution in [3.63, 3.8) is 0 Å². The van der Waals surface area contributed by atoms with Crippen LogP contribution in [-0.2, 0) is 4.79 Å². The average molecular weight is 359 g/mol. The Morgan fingerprint density at radius 1 is 1.17 bits per heavy atom. The van der Waals surface area contributed by atoms with Gasteiger partial charge in [-0.1, -0.05) is 44.0 Å². The van der Waals surface area contributed by atoms with Crippen LogP contribution in [0.25, 0.3) is 0 Å². The van der Waals surface area contributed by atoms with Crippen molar-refractivity contribution in [1.82, 2.24) is 9.80 Å². The van der Waals surface area contributed by atoms with E-state index >= 15 is 0 Å². The van der Waals surface area contributed by atoms with Gasteiger partial charge in [0, 0.05) is 43.8 Å². The summed E-state index contributed by atoms with van der Waals surface area (Å²) in [7, 11) is 0. The first kappa shape index (κ1) is 18.4. The molecular formula is C17H24Cl2N2O2. The van der Waals surface area contributed by atoms with Gasteiger partial charge in [-0.15, -0.1) is 0 Å². The van der Waals surface area contributed by atoms with E-state index in [0.29, 0.717) is 15.8 Å². The number of piperazine rings is 1. The van der Waals surface area contributed by atoms with Crippen molar-refractivity contribution >= 4 is 29.1 Å². The highest BCUT2D eigenvalue weighted by atomic mass is 35.5. The summed E-state index contributed by atoms with van der Waals surface area (Å²) in [6.07, 6.45) is 0. The van der Waals surface area contributed by atoms with Crippen LogP contribution in [0.5, 0.6) is 5.75 Å². The van der Waals surface area contributed by atoms with Gasteiger partial charge >= 0.3 is 0 Å². The van der Waals surface area contributed by atoms with Gasteiger partial charge < -0.3 is 9.64 Å². The van der Waals surface area contributed by atoms with Gasteiger partial charge in [-0.05, 0) is 17.5 Å². The Balaban J connectivity index is 1.80. The van der Waals surface area contributed by atoms with Crippen molar-refractivity contribution in [3.05, 3.63) is 28.2 Å². The Bertz CT molecular complexity index is 550. The summed E-state index contributed by atoms with van der Waals surface area (Å²) in [5, 5.41) is 0.991. The van der Waals surface area contributed by atoms with E-state index in [-0.39, 0.29) is 17.9 Å². The Morgan fingerprint density at radius 3 is 2.43 bits per heavy atom. The number of nitrogens with zero attached hydrogens (tertiary/aromatic N) is 2. The van der Waals surface area contributed by atoms with Gasteiger partial charge in [-0.3, -0.25) is 9.69 Å². The Labute approximate surface area is 148 Å². The summed E-state index contributed by atoms with van der Waals surface area (Å²) in [4.78, 5) is 16.5. The molecule has 1 amide bonds. The summed E-state index contributed by atoms with van der Waals surface area (Å²) in [6, 6.07) is 4.97. The maximum Gasteiger partial charge on any atom is 0.260 e. The normalized spacial score (nSPS) is 16.5. The highest BCUT2D eigenvalue weighted by molar-refractivity contribution is 6.34. The fourth-order valence-corrected chi connectivity index (χ4v) is 2.98. The van der Waals surface area contributed by atoms with Gasteiger partial charge in [0.2, 0.25) is 0 Å². The minimum Gasteiger partial charge on any atom is -0.482 e. The first-order chi connectivity index (χ1) is 10.7. The topological polar surface area (TPSA) is 32.8 Å².